The summed E-state index contributed by atoms with van der Waals surface area (Å²) in [4.78, 5) is 1.65. The topological polar surface area (TPSA) is 0 Å². The van der Waals surface area contributed by atoms with Crippen molar-refractivity contribution in [3.8, 4) is 0 Å². The minimum atomic E-state index is -0.653. The van der Waals surface area contributed by atoms with Crippen molar-refractivity contribution in [2.24, 2.45) is 0 Å². The summed E-state index contributed by atoms with van der Waals surface area (Å²) in [6, 6.07) is 45.0. The van der Waals surface area contributed by atoms with Crippen LogP contribution in [0.4, 0.5) is 0 Å². The first-order chi connectivity index (χ1) is 17.9. The van der Waals surface area contributed by atoms with E-state index >= 15 is 0 Å². The summed E-state index contributed by atoms with van der Waals surface area (Å²) in [7, 11) is -1.30. The van der Waals surface area contributed by atoms with Crippen molar-refractivity contribution < 1.29 is 0 Å². The fourth-order valence-electron chi connectivity index (χ4n) is 5.36. The molecule has 5 aromatic rings. The molecule has 3 heteroatoms. The Morgan fingerprint density at radius 3 is 1.31 bits per heavy atom. The van der Waals surface area contributed by atoms with E-state index in [4.69, 9.17) is 0 Å². The lowest BCUT2D eigenvalue weighted by Crippen LogP contribution is -2.34. The highest BCUT2D eigenvalue weighted by Gasteiger charge is 2.33. The average molecular weight is 521 g/mol. The van der Waals surface area contributed by atoms with Crippen LogP contribution >= 0.6 is 27.2 Å². The molecule has 1 aliphatic rings. The van der Waals surface area contributed by atoms with E-state index in [0.29, 0.717) is 5.92 Å². The fraction of sp³-hybridized carbons (Fsp3) is 0.152. The van der Waals surface area contributed by atoms with Gasteiger partial charge in [-0.25, -0.2) is 0 Å². The van der Waals surface area contributed by atoms with E-state index in [-0.39, 0.29) is 0 Å². The van der Waals surface area contributed by atoms with Gasteiger partial charge in [-0.1, -0.05) is 134 Å². The van der Waals surface area contributed by atoms with E-state index in [1.54, 1.807) is 15.5 Å². The number of benzene rings is 4. The highest BCUT2D eigenvalue weighted by Crippen LogP contribution is 2.46. The largest absolute Gasteiger partial charge is 0.147 e. The zero-order chi connectivity index (χ0) is 24.2. The van der Waals surface area contributed by atoms with E-state index in [1.165, 1.54) is 46.9 Å². The van der Waals surface area contributed by atoms with Gasteiger partial charge >= 0.3 is 0 Å². The molecule has 0 atom stereocenters. The number of thiophene rings is 1. The molecule has 36 heavy (non-hydrogen) atoms. The number of hydrogen-bond donors (Lipinski definition) is 0. The molecule has 0 bridgehead atoms. The highest BCUT2D eigenvalue weighted by molar-refractivity contribution is 7.86. The molecule has 1 heterocycles. The summed E-state index contributed by atoms with van der Waals surface area (Å²) < 4.78 is 0. The average Bonchev–Trinajstić information content (AvgIpc) is 3.63. The van der Waals surface area contributed by atoms with E-state index in [9.17, 15) is 0 Å². The van der Waals surface area contributed by atoms with Crippen LogP contribution in [0.5, 0.6) is 0 Å². The lowest BCUT2D eigenvalue weighted by Gasteiger charge is -2.27. The molecule has 4 aromatic carbocycles. The quantitative estimate of drug-likeness (QED) is 0.204. The monoisotopic (exact) mass is 520 g/mol. The molecule has 1 aromatic heterocycles. The van der Waals surface area contributed by atoms with Gasteiger partial charge < -0.3 is 0 Å². The molecule has 0 nitrogen and oxygen atoms in total. The molecule has 0 amide bonds. The normalized spacial score (nSPS) is 14.1. The molecule has 0 spiro atoms. The van der Waals surface area contributed by atoms with Crippen molar-refractivity contribution in [1.82, 2.24) is 0 Å². The second-order valence-corrected chi connectivity index (χ2v) is 14.6. The van der Waals surface area contributed by atoms with Crippen LogP contribution < -0.4 is 31.8 Å². The van der Waals surface area contributed by atoms with Gasteiger partial charge in [-0.2, -0.15) is 0 Å². The van der Waals surface area contributed by atoms with Crippen LogP contribution in [0, 0.1) is 0 Å². The molecule has 0 radical (unpaired) electrons. The van der Waals surface area contributed by atoms with Crippen LogP contribution in [-0.4, -0.2) is 0 Å². The Labute approximate surface area is 221 Å². The maximum Gasteiger partial charge on any atom is 0.0166 e. The fourth-order valence-corrected chi connectivity index (χ4v) is 12.7. The van der Waals surface area contributed by atoms with Gasteiger partial charge in [0.1, 0.15) is 0 Å². The summed E-state index contributed by atoms with van der Waals surface area (Å²) in [5.74, 6) is 0.694. The summed E-state index contributed by atoms with van der Waals surface area (Å²) in [6.45, 7) is 0. The van der Waals surface area contributed by atoms with Gasteiger partial charge in [0.2, 0.25) is 0 Å². The van der Waals surface area contributed by atoms with Crippen LogP contribution in [-0.2, 0) is 0 Å². The summed E-state index contributed by atoms with van der Waals surface area (Å²) in [5.41, 5.74) is 0. The summed E-state index contributed by atoms with van der Waals surface area (Å²) in [6.07, 6.45) is 5.37. The summed E-state index contributed by atoms with van der Waals surface area (Å²) in [5, 5.41) is 11.5. The van der Waals surface area contributed by atoms with Gasteiger partial charge in [-0.05, 0) is 55.8 Å². The molecule has 178 valence electrons. The Hall–Kier alpha value is -2.56. The maximum absolute atomic E-state index is 2.54. The second kappa shape index (κ2) is 11.2. The number of hydrogen-bond acceptors (Lipinski definition) is 1. The zero-order valence-electron chi connectivity index (χ0n) is 20.3. The van der Waals surface area contributed by atoms with Crippen LogP contribution in [0.3, 0.4) is 0 Å². The minimum Gasteiger partial charge on any atom is -0.147 e. The Morgan fingerprint density at radius 2 is 0.889 bits per heavy atom. The second-order valence-electron chi connectivity index (χ2n) is 9.33. The lowest BCUT2D eigenvalue weighted by atomic mass is 10.1. The van der Waals surface area contributed by atoms with E-state index in [0.717, 1.165) is 0 Å². The molecule has 0 aliphatic heterocycles. The van der Waals surface area contributed by atoms with Crippen molar-refractivity contribution in [2.45, 2.75) is 31.6 Å². The smallest absolute Gasteiger partial charge is 0.0166 e. The van der Waals surface area contributed by atoms with Crippen LogP contribution in [0.1, 0.15) is 36.5 Å². The molecule has 6 rings (SSSR count). The van der Waals surface area contributed by atoms with Gasteiger partial charge in [0.25, 0.3) is 0 Å². The maximum atomic E-state index is 2.54. The molecular weight excluding hydrogens is 490 g/mol. The Bertz CT molecular complexity index is 1300. The first kappa shape index (κ1) is 23.8. The van der Waals surface area contributed by atoms with Gasteiger partial charge in [-0.15, -0.1) is 11.3 Å². The standard InChI is InChI=1S/C33H30P2S/c1-5-17-27(18-6-1)34(28-19-7-2-8-20-28)31-25-36-33(26-15-13-14-16-26)32(31)35(29-21-9-3-10-22-29)30-23-11-4-12-24-30/h1-12,17-26H,13-16H2. The molecule has 1 aliphatic carbocycles. The molecule has 0 unspecified atom stereocenters. The van der Waals surface area contributed by atoms with Crippen molar-refractivity contribution >= 4 is 59.0 Å². The predicted molar refractivity (Wildman–Crippen MR) is 163 cm³/mol. The SMILES string of the molecule is c1ccc(P(c2ccccc2)c2csc(C3CCCC3)c2P(c2ccccc2)c2ccccc2)cc1. The Morgan fingerprint density at radius 1 is 0.500 bits per heavy atom. The Balaban J connectivity index is 1.62. The molecular formula is C33H30P2S. The van der Waals surface area contributed by atoms with Crippen molar-refractivity contribution in [1.29, 1.82) is 0 Å². The van der Waals surface area contributed by atoms with E-state index in [1.807, 2.05) is 11.3 Å². The lowest BCUT2D eigenvalue weighted by molar-refractivity contribution is 0.742. The molecule has 0 saturated heterocycles. The van der Waals surface area contributed by atoms with Gasteiger partial charge in [0.05, 0.1) is 0 Å². The minimum absolute atomic E-state index is 0.647. The first-order valence-electron chi connectivity index (χ1n) is 12.8. The van der Waals surface area contributed by atoms with E-state index in [2.05, 4.69) is 127 Å². The Kier molecular flexibility index (Phi) is 7.43. The van der Waals surface area contributed by atoms with Crippen molar-refractivity contribution in [3.05, 3.63) is 132 Å². The predicted octanol–water partition coefficient (Wildman–Crippen LogP) is 6.92. The van der Waals surface area contributed by atoms with Gasteiger partial charge in [0, 0.05) is 20.9 Å². The highest BCUT2D eigenvalue weighted by atomic mass is 32.1. The summed E-state index contributed by atoms with van der Waals surface area (Å²) >= 11 is 2.04. The third-order valence-electron chi connectivity index (χ3n) is 7.02. The third-order valence-corrected chi connectivity index (χ3v) is 13.7. The molecule has 1 fully saturated rings. The first-order valence-corrected chi connectivity index (χ1v) is 16.4. The van der Waals surface area contributed by atoms with Crippen LogP contribution in [0.25, 0.3) is 0 Å². The van der Waals surface area contributed by atoms with Crippen molar-refractivity contribution in [2.75, 3.05) is 0 Å². The zero-order valence-corrected chi connectivity index (χ0v) is 22.9. The molecule has 1 saturated carbocycles. The molecule has 0 N–H and O–H groups in total. The van der Waals surface area contributed by atoms with Crippen LogP contribution in [0.2, 0.25) is 0 Å². The number of rotatable bonds is 7. The third kappa shape index (κ3) is 4.86. The van der Waals surface area contributed by atoms with Gasteiger partial charge in [0.15, 0.2) is 0 Å². The van der Waals surface area contributed by atoms with Crippen molar-refractivity contribution in [3.63, 3.8) is 0 Å². The van der Waals surface area contributed by atoms with Gasteiger partial charge in [-0.3, -0.25) is 0 Å². The van der Waals surface area contributed by atoms with Crippen LogP contribution in [0.15, 0.2) is 127 Å². The van der Waals surface area contributed by atoms with E-state index < -0.39 is 15.8 Å².